The average Bonchev–Trinajstić information content (AvgIpc) is 2.36. The molecule has 6 heteroatoms. The number of carboxylic acid groups (broad SMARTS) is 1. The number of rotatable bonds is 8. The zero-order valence-corrected chi connectivity index (χ0v) is 13.0. The smallest absolute Gasteiger partial charge is 0.303 e. The Bertz CT molecular complexity index is 500. The van der Waals surface area contributed by atoms with Gasteiger partial charge in [0.1, 0.15) is 0 Å². The molecule has 1 aromatic carbocycles. The van der Waals surface area contributed by atoms with Crippen molar-refractivity contribution in [1.29, 1.82) is 0 Å². The number of carbonyl (C=O) groups is 2. The summed E-state index contributed by atoms with van der Waals surface area (Å²) >= 11 is 5.85. The third-order valence-corrected chi connectivity index (χ3v) is 3.37. The van der Waals surface area contributed by atoms with Gasteiger partial charge in [0.15, 0.2) is 0 Å². The maximum Gasteiger partial charge on any atom is 0.303 e. The van der Waals surface area contributed by atoms with E-state index in [4.69, 9.17) is 22.4 Å². The quantitative estimate of drug-likeness (QED) is 0.684. The van der Waals surface area contributed by atoms with Crippen molar-refractivity contribution in [3.63, 3.8) is 0 Å². The summed E-state index contributed by atoms with van der Waals surface area (Å²) in [5.74, 6) is -1.49. The molecule has 0 saturated carbocycles. The van der Waals surface area contributed by atoms with Crippen LogP contribution in [0, 0.1) is 0 Å². The first-order valence-electron chi connectivity index (χ1n) is 6.73. The molecule has 0 spiro atoms. The van der Waals surface area contributed by atoms with Gasteiger partial charge in [0.25, 0.3) is 0 Å². The Morgan fingerprint density at radius 1 is 1.33 bits per heavy atom. The molecule has 0 aromatic heterocycles. The van der Waals surface area contributed by atoms with E-state index in [9.17, 15) is 9.59 Å². The van der Waals surface area contributed by atoms with Crippen LogP contribution in [-0.2, 0) is 16.0 Å². The second-order valence-corrected chi connectivity index (χ2v) is 6.16. The molecule has 0 heterocycles. The van der Waals surface area contributed by atoms with Gasteiger partial charge in [-0.1, -0.05) is 23.7 Å². The summed E-state index contributed by atoms with van der Waals surface area (Å²) in [5.41, 5.74) is 6.00. The number of nitrogens with one attached hydrogen (secondary N) is 1. The van der Waals surface area contributed by atoms with Crippen molar-refractivity contribution in [1.82, 2.24) is 5.32 Å². The van der Waals surface area contributed by atoms with E-state index in [0.717, 1.165) is 5.56 Å². The zero-order chi connectivity index (χ0) is 16.0. The lowest BCUT2D eigenvalue weighted by Gasteiger charge is -2.30. The van der Waals surface area contributed by atoms with Crippen LogP contribution in [0.1, 0.15) is 32.3 Å². The highest BCUT2D eigenvalue weighted by molar-refractivity contribution is 6.30. The number of primary amides is 1. The molecule has 1 atom stereocenters. The first-order chi connectivity index (χ1) is 9.69. The molecule has 1 aromatic rings. The van der Waals surface area contributed by atoms with Crippen LogP contribution in [0.25, 0.3) is 0 Å². The summed E-state index contributed by atoms with van der Waals surface area (Å²) < 4.78 is 0. The first kappa shape index (κ1) is 17.5. The van der Waals surface area contributed by atoms with E-state index >= 15 is 0 Å². The van der Waals surface area contributed by atoms with Gasteiger partial charge in [-0.05, 0) is 44.4 Å². The predicted molar refractivity (Wildman–Crippen MR) is 82.2 cm³/mol. The molecule has 0 aliphatic rings. The maximum absolute atomic E-state index is 11.4. The highest BCUT2D eigenvalue weighted by Gasteiger charge is 2.26. The monoisotopic (exact) mass is 312 g/mol. The number of carbonyl (C=O) groups excluding carboxylic acids is 1. The first-order valence-corrected chi connectivity index (χ1v) is 7.11. The molecular formula is C15H21ClN2O3. The van der Waals surface area contributed by atoms with Crippen molar-refractivity contribution in [3.05, 3.63) is 34.9 Å². The Morgan fingerprint density at radius 2 is 1.90 bits per heavy atom. The van der Waals surface area contributed by atoms with Crippen LogP contribution in [0.15, 0.2) is 24.3 Å². The second kappa shape index (κ2) is 7.43. The molecule has 1 amide bonds. The standard InChI is InChI=1S/C15H21ClN2O3/c1-15(2,9-10-3-5-11(16)6-4-10)18-12(14(17)21)7-8-13(19)20/h3-6,12,18H,7-9H2,1-2H3,(H2,17,21)(H,19,20)/t12-/m0/s1. The van der Waals surface area contributed by atoms with Crippen LogP contribution >= 0.6 is 11.6 Å². The topological polar surface area (TPSA) is 92.4 Å². The summed E-state index contributed by atoms with van der Waals surface area (Å²) in [4.78, 5) is 22.1. The van der Waals surface area contributed by atoms with E-state index in [-0.39, 0.29) is 12.8 Å². The fourth-order valence-electron chi connectivity index (χ4n) is 2.19. The lowest BCUT2D eigenvalue weighted by Crippen LogP contribution is -2.52. The lowest BCUT2D eigenvalue weighted by molar-refractivity contribution is -0.137. The Labute approximate surface area is 129 Å². The second-order valence-electron chi connectivity index (χ2n) is 5.72. The number of carboxylic acids is 1. The van der Waals surface area contributed by atoms with Crippen LogP contribution in [0.4, 0.5) is 0 Å². The third kappa shape index (κ3) is 6.60. The molecule has 5 nitrogen and oxygen atoms in total. The van der Waals surface area contributed by atoms with Gasteiger partial charge in [-0.25, -0.2) is 0 Å². The van der Waals surface area contributed by atoms with E-state index < -0.39 is 23.5 Å². The van der Waals surface area contributed by atoms with Crippen LogP contribution in [0.3, 0.4) is 0 Å². The van der Waals surface area contributed by atoms with Gasteiger partial charge >= 0.3 is 5.97 Å². The molecule has 1 rings (SSSR count). The van der Waals surface area contributed by atoms with E-state index in [2.05, 4.69) is 5.32 Å². The van der Waals surface area contributed by atoms with Gasteiger partial charge < -0.3 is 16.2 Å². The molecule has 0 bridgehead atoms. The molecule has 0 aliphatic heterocycles. The van der Waals surface area contributed by atoms with Gasteiger partial charge in [-0.15, -0.1) is 0 Å². The van der Waals surface area contributed by atoms with E-state index in [1.807, 2.05) is 38.1 Å². The van der Waals surface area contributed by atoms with Crippen molar-refractivity contribution in [2.24, 2.45) is 5.73 Å². The summed E-state index contributed by atoms with van der Waals surface area (Å²) in [5, 5.41) is 12.5. The Hall–Kier alpha value is -1.59. The Kier molecular flexibility index (Phi) is 6.18. The van der Waals surface area contributed by atoms with Crippen LogP contribution in [0.5, 0.6) is 0 Å². The number of nitrogens with two attached hydrogens (primary N) is 1. The van der Waals surface area contributed by atoms with Gasteiger partial charge in [0.2, 0.25) is 5.91 Å². The minimum atomic E-state index is -0.946. The van der Waals surface area contributed by atoms with Crippen LogP contribution in [-0.4, -0.2) is 28.6 Å². The molecule has 0 aliphatic carbocycles. The van der Waals surface area contributed by atoms with Crippen molar-refractivity contribution in [3.8, 4) is 0 Å². The van der Waals surface area contributed by atoms with E-state index in [1.54, 1.807) is 0 Å². The fourth-order valence-corrected chi connectivity index (χ4v) is 2.31. The molecule has 0 unspecified atom stereocenters. The molecular weight excluding hydrogens is 292 g/mol. The molecule has 21 heavy (non-hydrogen) atoms. The Balaban J connectivity index is 2.68. The molecule has 0 radical (unpaired) electrons. The highest BCUT2D eigenvalue weighted by Crippen LogP contribution is 2.17. The third-order valence-electron chi connectivity index (χ3n) is 3.11. The number of halogens is 1. The van der Waals surface area contributed by atoms with E-state index in [1.165, 1.54) is 0 Å². The summed E-state index contributed by atoms with van der Waals surface area (Å²) in [7, 11) is 0. The number of hydrogen-bond acceptors (Lipinski definition) is 3. The minimum Gasteiger partial charge on any atom is -0.481 e. The summed E-state index contributed by atoms with van der Waals surface area (Å²) in [6.45, 7) is 3.89. The predicted octanol–water partition coefficient (Wildman–Crippen LogP) is 1.97. The average molecular weight is 313 g/mol. The fraction of sp³-hybridized carbons (Fsp3) is 0.467. The largest absolute Gasteiger partial charge is 0.481 e. The van der Waals surface area contributed by atoms with Crippen molar-refractivity contribution in [2.45, 2.75) is 44.7 Å². The molecule has 0 fully saturated rings. The number of benzene rings is 1. The van der Waals surface area contributed by atoms with Gasteiger partial charge in [-0.2, -0.15) is 0 Å². The zero-order valence-electron chi connectivity index (χ0n) is 12.2. The van der Waals surface area contributed by atoms with Crippen molar-refractivity contribution in [2.75, 3.05) is 0 Å². The molecule has 4 N–H and O–H groups in total. The van der Waals surface area contributed by atoms with Crippen LogP contribution in [0.2, 0.25) is 5.02 Å². The number of aliphatic carboxylic acids is 1. The van der Waals surface area contributed by atoms with Crippen molar-refractivity contribution < 1.29 is 14.7 Å². The van der Waals surface area contributed by atoms with Gasteiger partial charge in [-0.3, -0.25) is 9.59 Å². The summed E-state index contributed by atoms with van der Waals surface area (Å²) in [6, 6.07) is 6.79. The minimum absolute atomic E-state index is 0.0996. The lowest BCUT2D eigenvalue weighted by atomic mass is 9.93. The van der Waals surface area contributed by atoms with Crippen LogP contribution < -0.4 is 11.1 Å². The van der Waals surface area contributed by atoms with Crippen molar-refractivity contribution >= 4 is 23.5 Å². The highest BCUT2D eigenvalue weighted by atomic mass is 35.5. The Morgan fingerprint density at radius 3 is 2.38 bits per heavy atom. The molecule has 0 saturated heterocycles. The SMILES string of the molecule is CC(C)(Cc1ccc(Cl)cc1)N[C@@H](CCC(=O)O)C(N)=O. The van der Waals surface area contributed by atoms with Gasteiger partial charge in [0.05, 0.1) is 6.04 Å². The van der Waals surface area contributed by atoms with E-state index in [0.29, 0.717) is 11.4 Å². The van der Waals surface area contributed by atoms with Gasteiger partial charge in [0, 0.05) is 17.0 Å². The number of amides is 1. The summed E-state index contributed by atoms with van der Waals surface area (Å²) in [6.07, 6.45) is 0.743. The normalized spacial score (nSPS) is 12.9. The number of hydrogen-bond donors (Lipinski definition) is 3. The maximum atomic E-state index is 11.4. The molecule has 116 valence electrons.